The maximum atomic E-state index is 5.71. The summed E-state index contributed by atoms with van der Waals surface area (Å²) >= 11 is 3.35. The van der Waals surface area contributed by atoms with Crippen molar-refractivity contribution < 1.29 is 0 Å². The molecule has 2 N–H and O–H groups in total. The van der Waals surface area contributed by atoms with Gasteiger partial charge in [0.05, 0.1) is 0 Å². The van der Waals surface area contributed by atoms with Crippen molar-refractivity contribution in [1.29, 1.82) is 0 Å². The van der Waals surface area contributed by atoms with E-state index in [1.165, 1.54) is 0 Å². The second-order valence-electron chi connectivity index (χ2n) is 2.31. The van der Waals surface area contributed by atoms with E-state index in [2.05, 4.69) is 22.5 Å². The first-order valence-electron chi connectivity index (χ1n) is 3.37. The lowest BCUT2D eigenvalue weighted by Crippen LogP contribution is -2.05. The summed E-state index contributed by atoms with van der Waals surface area (Å²) in [4.78, 5) is 0. The van der Waals surface area contributed by atoms with Crippen LogP contribution in [0, 0.1) is 0 Å². The molecule has 2 heteroatoms. The zero-order chi connectivity index (χ0) is 8.27. The summed E-state index contributed by atoms with van der Waals surface area (Å²) in [6, 6.07) is 7.85. The molecule has 0 fully saturated rings. The zero-order valence-electron chi connectivity index (χ0n) is 6.13. The molecular weight excluding hydrogens is 202 g/mol. The van der Waals surface area contributed by atoms with Gasteiger partial charge in [-0.3, -0.25) is 0 Å². The van der Waals surface area contributed by atoms with Gasteiger partial charge < -0.3 is 5.73 Å². The second-order valence-corrected chi connectivity index (χ2v) is 3.23. The summed E-state index contributed by atoms with van der Waals surface area (Å²) in [7, 11) is 0. The number of rotatable bonds is 2. The van der Waals surface area contributed by atoms with Gasteiger partial charge in [0.2, 0.25) is 0 Å². The molecule has 0 bridgehead atoms. The van der Waals surface area contributed by atoms with E-state index in [0.29, 0.717) is 0 Å². The van der Waals surface area contributed by atoms with Crippen LogP contribution in [0.1, 0.15) is 11.6 Å². The van der Waals surface area contributed by atoms with Crippen molar-refractivity contribution in [2.24, 2.45) is 5.73 Å². The van der Waals surface area contributed by atoms with Crippen LogP contribution in [0.4, 0.5) is 0 Å². The summed E-state index contributed by atoms with van der Waals surface area (Å²) in [6.07, 6.45) is 1.73. The molecule has 0 aliphatic heterocycles. The average Bonchev–Trinajstić information content (AvgIpc) is 2.05. The molecule has 1 rings (SSSR count). The van der Waals surface area contributed by atoms with Gasteiger partial charge in [0.25, 0.3) is 0 Å². The van der Waals surface area contributed by atoms with E-state index < -0.39 is 0 Å². The fourth-order valence-corrected chi connectivity index (χ4v) is 1.09. The van der Waals surface area contributed by atoms with Gasteiger partial charge in [-0.2, -0.15) is 0 Å². The van der Waals surface area contributed by atoms with Crippen molar-refractivity contribution in [2.45, 2.75) is 6.04 Å². The fraction of sp³-hybridized carbons (Fsp3) is 0.111. The molecular formula is C9H10BrN. The van der Waals surface area contributed by atoms with Crippen molar-refractivity contribution in [3.63, 3.8) is 0 Å². The minimum absolute atomic E-state index is 0.0527. The van der Waals surface area contributed by atoms with Crippen LogP contribution in [0.25, 0.3) is 0 Å². The standard InChI is InChI=1S/C9H10BrN/c1-2-9(11)7-3-5-8(10)6-4-7/h2-6,9H,1,11H2/t9-/m0/s1. The number of halogens is 1. The van der Waals surface area contributed by atoms with Crippen molar-refractivity contribution in [2.75, 3.05) is 0 Å². The molecule has 1 nitrogen and oxygen atoms in total. The second kappa shape index (κ2) is 3.69. The van der Waals surface area contributed by atoms with Crippen LogP contribution >= 0.6 is 15.9 Å². The van der Waals surface area contributed by atoms with Crippen molar-refractivity contribution in [1.82, 2.24) is 0 Å². The van der Waals surface area contributed by atoms with E-state index in [4.69, 9.17) is 5.73 Å². The van der Waals surface area contributed by atoms with Crippen molar-refractivity contribution >= 4 is 15.9 Å². The fourth-order valence-electron chi connectivity index (χ4n) is 0.821. The van der Waals surface area contributed by atoms with Crippen LogP contribution in [0.3, 0.4) is 0 Å². The predicted octanol–water partition coefficient (Wildman–Crippen LogP) is 2.63. The molecule has 0 aliphatic carbocycles. The Bertz CT molecular complexity index is 240. The highest BCUT2D eigenvalue weighted by atomic mass is 79.9. The van der Waals surface area contributed by atoms with Crippen LogP contribution in [0.15, 0.2) is 41.4 Å². The Hall–Kier alpha value is -0.600. The zero-order valence-corrected chi connectivity index (χ0v) is 7.71. The third kappa shape index (κ3) is 2.17. The molecule has 0 saturated carbocycles. The Balaban J connectivity index is 2.89. The number of hydrogen-bond donors (Lipinski definition) is 1. The highest BCUT2D eigenvalue weighted by molar-refractivity contribution is 9.10. The van der Waals surface area contributed by atoms with Gasteiger partial charge in [0, 0.05) is 10.5 Å². The maximum Gasteiger partial charge on any atom is 0.0478 e. The van der Waals surface area contributed by atoms with E-state index in [-0.39, 0.29) is 6.04 Å². The van der Waals surface area contributed by atoms with Crippen LogP contribution in [0.5, 0.6) is 0 Å². The van der Waals surface area contributed by atoms with Gasteiger partial charge in [0.15, 0.2) is 0 Å². The molecule has 0 unspecified atom stereocenters. The Kier molecular flexibility index (Phi) is 2.85. The molecule has 1 aromatic carbocycles. The molecule has 0 radical (unpaired) electrons. The van der Waals surface area contributed by atoms with Crippen LogP contribution in [-0.4, -0.2) is 0 Å². The van der Waals surface area contributed by atoms with Gasteiger partial charge in [-0.1, -0.05) is 34.1 Å². The van der Waals surface area contributed by atoms with Gasteiger partial charge in [0.1, 0.15) is 0 Å². The van der Waals surface area contributed by atoms with Gasteiger partial charge in [-0.25, -0.2) is 0 Å². The molecule has 11 heavy (non-hydrogen) atoms. The van der Waals surface area contributed by atoms with E-state index in [1.54, 1.807) is 6.08 Å². The molecule has 0 amide bonds. The molecule has 0 heterocycles. The van der Waals surface area contributed by atoms with E-state index in [9.17, 15) is 0 Å². The molecule has 1 aromatic rings. The molecule has 58 valence electrons. The first-order chi connectivity index (χ1) is 5.24. The van der Waals surface area contributed by atoms with E-state index >= 15 is 0 Å². The Labute approximate surface area is 75.0 Å². The SMILES string of the molecule is C=C[C@H](N)c1ccc(Br)cc1. The van der Waals surface area contributed by atoms with Crippen LogP contribution < -0.4 is 5.73 Å². The monoisotopic (exact) mass is 211 g/mol. The molecule has 0 spiro atoms. The van der Waals surface area contributed by atoms with Gasteiger partial charge >= 0.3 is 0 Å². The summed E-state index contributed by atoms with van der Waals surface area (Å²) < 4.78 is 1.07. The molecule has 1 atom stereocenters. The summed E-state index contributed by atoms with van der Waals surface area (Å²) in [5, 5.41) is 0. The summed E-state index contributed by atoms with van der Waals surface area (Å²) in [5.41, 5.74) is 6.80. The average molecular weight is 212 g/mol. The summed E-state index contributed by atoms with van der Waals surface area (Å²) in [6.45, 7) is 3.62. The van der Waals surface area contributed by atoms with E-state index in [1.807, 2.05) is 24.3 Å². The van der Waals surface area contributed by atoms with Crippen molar-refractivity contribution in [3.8, 4) is 0 Å². The minimum atomic E-state index is -0.0527. The lowest BCUT2D eigenvalue weighted by molar-refractivity contribution is 0.914. The lowest BCUT2D eigenvalue weighted by atomic mass is 10.1. The van der Waals surface area contributed by atoms with E-state index in [0.717, 1.165) is 10.0 Å². The smallest absolute Gasteiger partial charge is 0.0478 e. The van der Waals surface area contributed by atoms with Crippen molar-refractivity contribution in [3.05, 3.63) is 47.0 Å². The Morgan fingerprint density at radius 3 is 2.36 bits per heavy atom. The van der Waals surface area contributed by atoms with Gasteiger partial charge in [-0.05, 0) is 17.7 Å². The van der Waals surface area contributed by atoms with Crippen LogP contribution in [-0.2, 0) is 0 Å². The molecule has 0 saturated heterocycles. The quantitative estimate of drug-likeness (QED) is 0.749. The topological polar surface area (TPSA) is 26.0 Å². The normalized spacial score (nSPS) is 12.5. The van der Waals surface area contributed by atoms with Gasteiger partial charge in [-0.15, -0.1) is 6.58 Å². The third-order valence-electron chi connectivity index (χ3n) is 1.51. The first kappa shape index (κ1) is 8.50. The largest absolute Gasteiger partial charge is 0.321 e. The summed E-state index contributed by atoms with van der Waals surface area (Å²) in [5.74, 6) is 0. The number of benzene rings is 1. The first-order valence-corrected chi connectivity index (χ1v) is 4.17. The maximum absolute atomic E-state index is 5.71. The Morgan fingerprint density at radius 1 is 1.36 bits per heavy atom. The minimum Gasteiger partial charge on any atom is -0.321 e. The third-order valence-corrected chi connectivity index (χ3v) is 2.04. The lowest BCUT2D eigenvalue weighted by Gasteiger charge is -2.05. The predicted molar refractivity (Wildman–Crippen MR) is 51.3 cm³/mol. The highest BCUT2D eigenvalue weighted by Gasteiger charge is 1.98. The number of nitrogens with two attached hydrogens (primary N) is 1. The Morgan fingerprint density at radius 2 is 1.91 bits per heavy atom. The molecule has 0 aromatic heterocycles. The molecule has 0 aliphatic rings. The number of hydrogen-bond acceptors (Lipinski definition) is 1. The highest BCUT2D eigenvalue weighted by Crippen LogP contribution is 2.15. The van der Waals surface area contributed by atoms with Crippen LogP contribution in [0.2, 0.25) is 0 Å².